The van der Waals surface area contributed by atoms with E-state index < -0.39 is 0 Å². The molecule has 0 unspecified atom stereocenters. The Morgan fingerprint density at radius 3 is 2.67 bits per heavy atom. The molecule has 21 heavy (non-hydrogen) atoms. The SMILES string of the molecule is Cc1cc(NCCc2ccccc2)c2cc(N)ccc2n1. The second-order valence-electron chi connectivity index (χ2n) is 5.25. The van der Waals surface area contributed by atoms with Gasteiger partial charge >= 0.3 is 0 Å². The molecule has 1 heterocycles. The van der Waals surface area contributed by atoms with Gasteiger partial charge in [0.15, 0.2) is 0 Å². The first-order chi connectivity index (χ1) is 10.2. The number of nitrogens with two attached hydrogens (primary N) is 1. The Kier molecular flexibility index (Phi) is 3.73. The summed E-state index contributed by atoms with van der Waals surface area (Å²) in [6, 6.07) is 18.4. The fourth-order valence-electron chi connectivity index (χ4n) is 2.51. The van der Waals surface area contributed by atoms with E-state index >= 15 is 0 Å². The third-order valence-electron chi connectivity index (χ3n) is 3.53. The number of aryl methyl sites for hydroxylation is 1. The summed E-state index contributed by atoms with van der Waals surface area (Å²) < 4.78 is 0. The summed E-state index contributed by atoms with van der Waals surface area (Å²) in [6.45, 7) is 2.90. The molecule has 3 aromatic rings. The highest BCUT2D eigenvalue weighted by Gasteiger charge is 2.04. The number of nitrogens with zero attached hydrogens (tertiary/aromatic N) is 1. The first-order valence-corrected chi connectivity index (χ1v) is 7.17. The molecule has 0 atom stereocenters. The number of anilines is 2. The minimum atomic E-state index is 0.763. The highest BCUT2D eigenvalue weighted by atomic mass is 14.9. The van der Waals surface area contributed by atoms with Gasteiger partial charge in [0.05, 0.1) is 5.52 Å². The van der Waals surface area contributed by atoms with Gasteiger partial charge in [-0.2, -0.15) is 0 Å². The maximum Gasteiger partial charge on any atom is 0.0727 e. The summed E-state index contributed by atoms with van der Waals surface area (Å²) in [5.74, 6) is 0. The van der Waals surface area contributed by atoms with Gasteiger partial charge in [-0.3, -0.25) is 4.98 Å². The van der Waals surface area contributed by atoms with Crippen molar-refractivity contribution in [1.29, 1.82) is 0 Å². The van der Waals surface area contributed by atoms with Crippen LogP contribution in [0.2, 0.25) is 0 Å². The summed E-state index contributed by atoms with van der Waals surface area (Å²) in [7, 11) is 0. The maximum absolute atomic E-state index is 5.89. The van der Waals surface area contributed by atoms with E-state index in [2.05, 4.69) is 40.6 Å². The number of hydrogen-bond acceptors (Lipinski definition) is 3. The number of fused-ring (bicyclic) bond motifs is 1. The van der Waals surface area contributed by atoms with Crippen LogP contribution in [0.3, 0.4) is 0 Å². The lowest BCUT2D eigenvalue weighted by Gasteiger charge is -2.11. The molecular formula is C18H19N3. The van der Waals surface area contributed by atoms with Crippen LogP contribution in [0.4, 0.5) is 11.4 Å². The van der Waals surface area contributed by atoms with E-state index in [0.717, 1.165) is 40.9 Å². The van der Waals surface area contributed by atoms with E-state index in [1.54, 1.807) is 0 Å². The van der Waals surface area contributed by atoms with Crippen LogP contribution >= 0.6 is 0 Å². The zero-order chi connectivity index (χ0) is 14.7. The fraction of sp³-hybridized carbons (Fsp3) is 0.167. The van der Waals surface area contributed by atoms with Crippen molar-refractivity contribution >= 4 is 22.3 Å². The number of hydrogen-bond donors (Lipinski definition) is 2. The molecule has 3 nitrogen and oxygen atoms in total. The van der Waals surface area contributed by atoms with E-state index in [4.69, 9.17) is 5.73 Å². The topological polar surface area (TPSA) is 50.9 Å². The summed E-state index contributed by atoms with van der Waals surface area (Å²) >= 11 is 0. The lowest BCUT2D eigenvalue weighted by Crippen LogP contribution is -2.06. The molecule has 0 fully saturated rings. The van der Waals surface area contributed by atoms with Crippen LogP contribution in [-0.2, 0) is 6.42 Å². The van der Waals surface area contributed by atoms with Gasteiger partial charge in [0, 0.05) is 29.0 Å². The summed E-state index contributed by atoms with van der Waals surface area (Å²) in [5, 5.41) is 4.59. The van der Waals surface area contributed by atoms with Crippen LogP contribution in [0, 0.1) is 6.92 Å². The average Bonchev–Trinajstić information content (AvgIpc) is 2.49. The van der Waals surface area contributed by atoms with Gasteiger partial charge in [-0.25, -0.2) is 0 Å². The second-order valence-corrected chi connectivity index (χ2v) is 5.25. The maximum atomic E-state index is 5.89. The van der Waals surface area contributed by atoms with E-state index in [-0.39, 0.29) is 0 Å². The summed E-state index contributed by atoms with van der Waals surface area (Å²) in [4.78, 5) is 4.55. The number of aromatic nitrogens is 1. The molecule has 106 valence electrons. The molecule has 3 heteroatoms. The van der Waals surface area contributed by atoms with Crippen molar-refractivity contribution in [1.82, 2.24) is 4.98 Å². The van der Waals surface area contributed by atoms with Crippen molar-refractivity contribution < 1.29 is 0 Å². The van der Waals surface area contributed by atoms with Gasteiger partial charge in [-0.1, -0.05) is 30.3 Å². The molecule has 3 rings (SSSR count). The van der Waals surface area contributed by atoms with Gasteiger partial charge in [-0.15, -0.1) is 0 Å². The van der Waals surface area contributed by atoms with Crippen molar-refractivity contribution in [3.05, 3.63) is 65.9 Å². The average molecular weight is 277 g/mol. The minimum absolute atomic E-state index is 0.763. The Labute approximate surface area is 124 Å². The fourth-order valence-corrected chi connectivity index (χ4v) is 2.51. The predicted molar refractivity (Wildman–Crippen MR) is 89.5 cm³/mol. The van der Waals surface area contributed by atoms with Crippen LogP contribution < -0.4 is 11.1 Å². The molecule has 0 aliphatic rings. The zero-order valence-electron chi connectivity index (χ0n) is 12.1. The molecule has 0 saturated heterocycles. The van der Waals surface area contributed by atoms with Crippen LogP contribution in [-0.4, -0.2) is 11.5 Å². The van der Waals surface area contributed by atoms with Gasteiger partial charge in [-0.05, 0) is 43.2 Å². The van der Waals surface area contributed by atoms with Crippen LogP contribution in [0.1, 0.15) is 11.3 Å². The quantitative estimate of drug-likeness (QED) is 0.713. The number of benzene rings is 2. The van der Waals surface area contributed by atoms with E-state index in [1.165, 1.54) is 5.56 Å². The first kappa shape index (κ1) is 13.4. The molecule has 0 aliphatic carbocycles. The van der Waals surface area contributed by atoms with Crippen molar-refractivity contribution in [3.63, 3.8) is 0 Å². The molecule has 0 amide bonds. The van der Waals surface area contributed by atoms with Crippen molar-refractivity contribution in [2.45, 2.75) is 13.3 Å². The third kappa shape index (κ3) is 3.14. The van der Waals surface area contributed by atoms with E-state index in [1.807, 2.05) is 31.2 Å². The summed E-state index contributed by atoms with van der Waals surface area (Å²) in [5.41, 5.74) is 11.1. The van der Waals surface area contributed by atoms with Crippen LogP contribution in [0.25, 0.3) is 10.9 Å². The third-order valence-corrected chi connectivity index (χ3v) is 3.53. The Morgan fingerprint density at radius 1 is 1.05 bits per heavy atom. The Hall–Kier alpha value is -2.55. The highest BCUT2D eigenvalue weighted by Crippen LogP contribution is 2.25. The largest absolute Gasteiger partial charge is 0.399 e. The van der Waals surface area contributed by atoms with Crippen molar-refractivity contribution in [2.24, 2.45) is 0 Å². The molecule has 1 aromatic heterocycles. The Bertz CT molecular complexity index is 751. The standard InChI is InChI=1S/C18H19N3/c1-13-11-18(16-12-15(19)7-8-17(16)21-13)20-10-9-14-5-3-2-4-6-14/h2-8,11-12H,9-10,19H2,1H3,(H,20,21). The van der Waals surface area contributed by atoms with Crippen molar-refractivity contribution in [2.75, 3.05) is 17.6 Å². The monoisotopic (exact) mass is 277 g/mol. The Balaban J connectivity index is 1.81. The van der Waals surface area contributed by atoms with Gasteiger partial charge < -0.3 is 11.1 Å². The van der Waals surface area contributed by atoms with Gasteiger partial charge in [0.1, 0.15) is 0 Å². The van der Waals surface area contributed by atoms with Crippen LogP contribution in [0.5, 0.6) is 0 Å². The number of nitrogen functional groups attached to an aromatic ring is 1. The molecule has 2 aromatic carbocycles. The van der Waals surface area contributed by atoms with E-state index in [9.17, 15) is 0 Å². The molecule has 0 bridgehead atoms. The number of nitrogens with one attached hydrogen (secondary N) is 1. The Morgan fingerprint density at radius 2 is 1.86 bits per heavy atom. The van der Waals surface area contributed by atoms with Gasteiger partial charge in [0.25, 0.3) is 0 Å². The number of rotatable bonds is 4. The predicted octanol–water partition coefficient (Wildman–Crippen LogP) is 3.78. The lowest BCUT2D eigenvalue weighted by atomic mass is 10.1. The molecule has 0 saturated carbocycles. The minimum Gasteiger partial charge on any atom is -0.399 e. The summed E-state index contributed by atoms with van der Waals surface area (Å²) in [6.07, 6.45) is 0.992. The van der Waals surface area contributed by atoms with Crippen LogP contribution in [0.15, 0.2) is 54.6 Å². The lowest BCUT2D eigenvalue weighted by molar-refractivity contribution is 1.02. The molecule has 3 N–H and O–H groups in total. The second kappa shape index (κ2) is 5.83. The first-order valence-electron chi connectivity index (χ1n) is 7.17. The molecular weight excluding hydrogens is 258 g/mol. The van der Waals surface area contributed by atoms with E-state index in [0.29, 0.717) is 0 Å². The van der Waals surface area contributed by atoms with Gasteiger partial charge in [0.2, 0.25) is 0 Å². The number of pyridine rings is 1. The zero-order valence-corrected chi connectivity index (χ0v) is 12.1. The highest BCUT2D eigenvalue weighted by molar-refractivity contribution is 5.93. The molecule has 0 aliphatic heterocycles. The molecule has 0 radical (unpaired) electrons. The molecule has 0 spiro atoms. The van der Waals surface area contributed by atoms with Crippen molar-refractivity contribution in [3.8, 4) is 0 Å². The normalized spacial score (nSPS) is 10.7. The smallest absolute Gasteiger partial charge is 0.0727 e.